The van der Waals surface area contributed by atoms with E-state index in [1.807, 2.05) is 11.7 Å². The van der Waals surface area contributed by atoms with Crippen LogP contribution in [0.15, 0.2) is 6.20 Å². The molecule has 2 aliphatic rings. The van der Waals surface area contributed by atoms with Crippen LogP contribution in [0.25, 0.3) is 0 Å². The Balaban J connectivity index is 1.59. The minimum atomic E-state index is 0.505. The van der Waals surface area contributed by atoms with Crippen molar-refractivity contribution in [1.29, 1.82) is 0 Å². The maximum Gasteiger partial charge on any atom is 0.0694 e. The molecule has 3 heteroatoms. The molecule has 4 unspecified atom stereocenters. The third-order valence-corrected chi connectivity index (χ3v) is 5.53. The van der Waals surface area contributed by atoms with E-state index in [0.717, 1.165) is 24.3 Å². The average molecular weight is 275 g/mol. The van der Waals surface area contributed by atoms with Crippen LogP contribution in [0.4, 0.5) is 0 Å². The van der Waals surface area contributed by atoms with Gasteiger partial charge in [-0.15, -0.1) is 0 Å². The molecule has 1 N–H and O–H groups in total. The second kappa shape index (κ2) is 5.51. The molecule has 0 saturated heterocycles. The SMILES string of the molecule is CC(C)c1nn(C)cc1CNC(C)C1CC2CCC1C2. The van der Waals surface area contributed by atoms with Gasteiger partial charge in [0.05, 0.1) is 5.69 Å². The number of aromatic nitrogens is 2. The maximum atomic E-state index is 4.60. The Hall–Kier alpha value is -0.830. The molecule has 4 atom stereocenters. The van der Waals surface area contributed by atoms with Gasteiger partial charge in [0.2, 0.25) is 0 Å². The summed E-state index contributed by atoms with van der Waals surface area (Å²) in [4.78, 5) is 0. The van der Waals surface area contributed by atoms with Gasteiger partial charge in [-0.05, 0) is 49.9 Å². The van der Waals surface area contributed by atoms with E-state index in [2.05, 4.69) is 37.4 Å². The molecule has 2 bridgehead atoms. The summed E-state index contributed by atoms with van der Waals surface area (Å²) in [6, 6.07) is 0.644. The molecule has 1 heterocycles. The highest BCUT2D eigenvalue weighted by atomic mass is 15.3. The average Bonchev–Trinajstić information content (AvgIpc) is 3.10. The summed E-state index contributed by atoms with van der Waals surface area (Å²) in [5.41, 5.74) is 2.62. The Labute approximate surface area is 123 Å². The fraction of sp³-hybridized carbons (Fsp3) is 0.824. The number of rotatable bonds is 5. The van der Waals surface area contributed by atoms with E-state index >= 15 is 0 Å². The van der Waals surface area contributed by atoms with Crippen molar-refractivity contribution in [1.82, 2.24) is 15.1 Å². The molecule has 0 aromatic carbocycles. The minimum Gasteiger partial charge on any atom is -0.310 e. The third-order valence-electron chi connectivity index (χ3n) is 5.53. The summed E-state index contributed by atoms with van der Waals surface area (Å²) in [7, 11) is 2.02. The highest BCUT2D eigenvalue weighted by Gasteiger charge is 2.41. The summed E-state index contributed by atoms with van der Waals surface area (Å²) in [6.07, 6.45) is 8.11. The molecule has 2 saturated carbocycles. The summed E-state index contributed by atoms with van der Waals surface area (Å²) >= 11 is 0. The van der Waals surface area contributed by atoms with Crippen LogP contribution in [0, 0.1) is 17.8 Å². The van der Waals surface area contributed by atoms with Gasteiger partial charge in [-0.2, -0.15) is 5.10 Å². The van der Waals surface area contributed by atoms with Crippen molar-refractivity contribution in [2.45, 2.75) is 65.0 Å². The number of nitrogens with one attached hydrogen (secondary N) is 1. The Kier molecular flexibility index (Phi) is 3.89. The number of nitrogens with zero attached hydrogens (tertiary/aromatic N) is 2. The van der Waals surface area contributed by atoms with E-state index in [9.17, 15) is 0 Å². The number of hydrogen-bond acceptors (Lipinski definition) is 2. The molecule has 112 valence electrons. The predicted octanol–water partition coefficient (Wildman–Crippen LogP) is 3.46. The highest BCUT2D eigenvalue weighted by molar-refractivity contribution is 5.20. The smallest absolute Gasteiger partial charge is 0.0694 e. The van der Waals surface area contributed by atoms with Crippen molar-refractivity contribution in [2.75, 3.05) is 0 Å². The standard InChI is InChI=1S/C17H29N3/c1-11(2)17-15(10-20(4)19-17)9-18-12(3)16-8-13-5-6-14(16)7-13/h10-14,16,18H,5-9H2,1-4H3. The summed E-state index contributed by atoms with van der Waals surface area (Å²) in [5.74, 6) is 3.46. The van der Waals surface area contributed by atoms with Crippen LogP contribution in [0.3, 0.4) is 0 Å². The summed E-state index contributed by atoms with van der Waals surface area (Å²) < 4.78 is 1.95. The molecular formula is C17H29N3. The Bertz CT molecular complexity index is 463. The van der Waals surface area contributed by atoms with Crippen LogP contribution in [0.1, 0.15) is 63.6 Å². The van der Waals surface area contributed by atoms with Gasteiger partial charge in [0, 0.05) is 31.4 Å². The van der Waals surface area contributed by atoms with Gasteiger partial charge in [0.25, 0.3) is 0 Å². The molecule has 0 aliphatic heterocycles. The van der Waals surface area contributed by atoms with Crippen molar-refractivity contribution in [2.24, 2.45) is 24.8 Å². The molecule has 0 radical (unpaired) electrons. The fourth-order valence-corrected chi connectivity index (χ4v) is 4.51. The molecule has 0 amide bonds. The lowest BCUT2D eigenvalue weighted by Crippen LogP contribution is -2.36. The Morgan fingerprint density at radius 1 is 1.30 bits per heavy atom. The molecule has 1 aromatic heterocycles. The first-order valence-corrected chi connectivity index (χ1v) is 8.30. The van der Waals surface area contributed by atoms with Crippen LogP contribution in [-0.2, 0) is 13.6 Å². The molecule has 1 aromatic rings. The first-order valence-electron chi connectivity index (χ1n) is 8.30. The monoisotopic (exact) mass is 275 g/mol. The van der Waals surface area contributed by atoms with Crippen molar-refractivity contribution in [3.05, 3.63) is 17.5 Å². The molecule has 3 nitrogen and oxygen atoms in total. The van der Waals surface area contributed by atoms with Gasteiger partial charge >= 0.3 is 0 Å². The quantitative estimate of drug-likeness (QED) is 0.892. The minimum absolute atomic E-state index is 0.505. The van der Waals surface area contributed by atoms with Crippen molar-refractivity contribution in [3.63, 3.8) is 0 Å². The molecule has 20 heavy (non-hydrogen) atoms. The molecule has 2 aliphatic carbocycles. The van der Waals surface area contributed by atoms with Crippen molar-refractivity contribution < 1.29 is 0 Å². The molecule has 3 rings (SSSR count). The fourth-order valence-electron chi connectivity index (χ4n) is 4.51. The van der Waals surface area contributed by atoms with Crippen molar-refractivity contribution >= 4 is 0 Å². The second-order valence-corrected chi connectivity index (χ2v) is 7.38. The van der Waals surface area contributed by atoms with Gasteiger partial charge in [-0.1, -0.05) is 20.3 Å². The third kappa shape index (κ3) is 2.65. The van der Waals surface area contributed by atoms with E-state index in [-0.39, 0.29) is 0 Å². The van der Waals surface area contributed by atoms with E-state index in [4.69, 9.17) is 0 Å². The lowest BCUT2D eigenvalue weighted by molar-refractivity contribution is 0.259. The summed E-state index contributed by atoms with van der Waals surface area (Å²) in [6.45, 7) is 7.81. The predicted molar refractivity (Wildman–Crippen MR) is 82.5 cm³/mol. The topological polar surface area (TPSA) is 29.9 Å². The van der Waals surface area contributed by atoms with E-state index in [1.165, 1.54) is 36.9 Å². The number of aryl methyl sites for hydroxylation is 1. The Morgan fingerprint density at radius 2 is 2.10 bits per heavy atom. The van der Waals surface area contributed by atoms with E-state index in [1.54, 1.807) is 0 Å². The highest BCUT2D eigenvalue weighted by Crippen LogP contribution is 2.49. The Morgan fingerprint density at radius 3 is 2.70 bits per heavy atom. The zero-order valence-corrected chi connectivity index (χ0v) is 13.4. The zero-order chi connectivity index (χ0) is 14.3. The lowest BCUT2D eigenvalue weighted by Gasteiger charge is -2.28. The maximum absolute atomic E-state index is 4.60. The van der Waals surface area contributed by atoms with E-state index < -0.39 is 0 Å². The van der Waals surface area contributed by atoms with Crippen LogP contribution in [-0.4, -0.2) is 15.8 Å². The number of hydrogen-bond donors (Lipinski definition) is 1. The normalized spacial score (nSPS) is 30.4. The lowest BCUT2D eigenvalue weighted by atomic mass is 9.84. The second-order valence-electron chi connectivity index (χ2n) is 7.38. The summed E-state index contributed by atoms with van der Waals surface area (Å²) in [5, 5.41) is 8.38. The van der Waals surface area contributed by atoms with Crippen LogP contribution >= 0.6 is 0 Å². The van der Waals surface area contributed by atoms with Gasteiger partial charge in [0.15, 0.2) is 0 Å². The van der Waals surface area contributed by atoms with Crippen LogP contribution < -0.4 is 5.32 Å². The molecule has 2 fully saturated rings. The van der Waals surface area contributed by atoms with Crippen molar-refractivity contribution in [3.8, 4) is 0 Å². The largest absolute Gasteiger partial charge is 0.310 e. The van der Waals surface area contributed by atoms with Crippen LogP contribution in [0.2, 0.25) is 0 Å². The van der Waals surface area contributed by atoms with Gasteiger partial charge in [-0.25, -0.2) is 0 Å². The van der Waals surface area contributed by atoms with Gasteiger partial charge in [-0.3, -0.25) is 4.68 Å². The zero-order valence-electron chi connectivity index (χ0n) is 13.4. The van der Waals surface area contributed by atoms with Crippen LogP contribution in [0.5, 0.6) is 0 Å². The first kappa shape index (κ1) is 14.1. The first-order chi connectivity index (χ1) is 9.54. The van der Waals surface area contributed by atoms with Gasteiger partial charge in [0.1, 0.15) is 0 Å². The van der Waals surface area contributed by atoms with E-state index in [0.29, 0.717) is 12.0 Å². The molecular weight excluding hydrogens is 246 g/mol. The number of fused-ring (bicyclic) bond motifs is 2. The van der Waals surface area contributed by atoms with Gasteiger partial charge < -0.3 is 5.32 Å². The molecule has 0 spiro atoms.